The van der Waals surface area contributed by atoms with Gasteiger partial charge >= 0.3 is 0 Å². The Morgan fingerprint density at radius 2 is 1.84 bits per heavy atom. The van der Waals surface area contributed by atoms with E-state index in [9.17, 15) is 9.59 Å². The maximum atomic E-state index is 13.3. The molecule has 6 heteroatoms. The minimum atomic E-state index is -0.606. The fourth-order valence-electron chi connectivity index (χ4n) is 4.08. The van der Waals surface area contributed by atoms with Crippen LogP contribution in [-0.4, -0.2) is 28.8 Å². The Morgan fingerprint density at radius 3 is 2.52 bits per heavy atom. The van der Waals surface area contributed by atoms with Gasteiger partial charge in [0.1, 0.15) is 6.04 Å². The van der Waals surface area contributed by atoms with Crippen LogP contribution in [0.1, 0.15) is 55.7 Å². The lowest BCUT2D eigenvalue weighted by Crippen LogP contribution is -2.50. The minimum absolute atomic E-state index is 0.108. The minimum Gasteiger partial charge on any atom is -0.352 e. The molecule has 0 radical (unpaired) electrons. The number of halogens is 2. The van der Waals surface area contributed by atoms with Gasteiger partial charge in [-0.05, 0) is 49.9 Å². The summed E-state index contributed by atoms with van der Waals surface area (Å²) in [6, 6.07) is 12.7. The van der Waals surface area contributed by atoms with E-state index in [0.717, 1.165) is 42.4 Å². The Labute approximate surface area is 194 Å². The molecule has 2 aromatic carbocycles. The fraction of sp³-hybridized carbons (Fsp3) is 0.440. The molecule has 1 fully saturated rings. The lowest BCUT2D eigenvalue weighted by molar-refractivity contribution is -0.140. The fourth-order valence-corrected chi connectivity index (χ4v) is 4.55. The van der Waals surface area contributed by atoms with E-state index in [2.05, 4.69) is 5.32 Å². The molecule has 0 bridgehead atoms. The summed E-state index contributed by atoms with van der Waals surface area (Å²) in [6.45, 7) is 4.04. The van der Waals surface area contributed by atoms with Crippen LogP contribution < -0.4 is 5.32 Å². The van der Waals surface area contributed by atoms with Gasteiger partial charge in [0.25, 0.3) is 0 Å². The average Bonchev–Trinajstić information content (AvgIpc) is 2.73. The second kappa shape index (κ2) is 11.0. The van der Waals surface area contributed by atoms with E-state index in [0.29, 0.717) is 10.0 Å². The number of carbonyl (C=O) groups is 2. The SMILES string of the molecule is Cc1cccc(CC(=O)N(Cc2ccc(Cl)cc2Cl)[C@@H](C)C(=O)NC2CCCCC2)c1. The standard InChI is InChI=1S/C25H30Cl2N2O2/c1-17-7-6-8-19(13-17)14-24(30)29(16-20-11-12-21(26)15-23(20)27)18(2)25(31)28-22-9-4-3-5-10-22/h6-8,11-13,15,18,22H,3-5,9-10,14,16H2,1-2H3,(H,28,31)/t18-/m0/s1. The van der Waals surface area contributed by atoms with Gasteiger partial charge in [0.2, 0.25) is 11.8 Å². The highest BCUT2D eigenvalue weighted by Gasteiger charge is 2.28. The molecular formula is C25H30Cl2N2O2. The summed E-state index contributed by atoms with van der Waals surface area (Å²) in [4.78, 5) is 28.0. The van der Waals surface area contributed by atoms with Crippen molar-refractivity contribution in [2.45, 2.75) is 71.0 Å². The number of benzene rings is 2. The van der Waals surface area contributed by atoms with Crippen LogP contribution in [0.4, 0.5) is 0 Å². The molecule has 1 aliphatic carbocycles. The van der Waals surface area contributed by atoms with Crippen molar-refractivity contribution >= 4 is 35.0 Å². The summed E-state index contributed by atoms with van der Waals surface area (Å²) >= 11 is 12.4. The lowest BCUT2D eigenvalue weighted by Gasteiger charge is -2.31. The molecule has 3 rings (SSSR count). The van der Waals surface area contributed by atoms with E-state index >= 15 is 0 Å². The highest BCUT2D eigenvalue weighted by atomic mass is 35.5. The lowest BCUT2D eigenvalue weighted by atomic mass is 9.95. The summed E-state index contributed by atoms with van der Waals surface area (Å²) in [6.07, 6.45) is 5.72. The summed E-state index contributed by atoms with van der Waals surface area (Å²) in [7, 11) is 0. The van der Waals surface area contributed by atoms with E-state index in [1.54, 1.807) is 24.0 Å². The van der Waals surface area contributed by atoms with E-state index < -0.39 is 6.04 Å². The number of nitrogens with one attached hydrogen (secondary N) is 1. The Morgan fingerprint density at radius 1 is 1.10 bits per heavy atom. The molecule has 1 atom stereocenters. The summed E-state index contributed by atoms with van der Waals surface area (Å²) < 4.78 is 0. The normalized spacial score (nSPS) is 15.4. The zero-order valence-electron chi connectivity index (χ0n) is 18.2. The molecule has 4 nitrogen and oxygen atoms in total. The summed E-state index contributed by atoms with van der Waals surface area (Å²) in [5.41, 5.74) is 2.79. The molecule has 0 saturated heterocycles. The van der Waals surface area contributed by atoms with Gasteiger partial charge in [0.15, 0.2) is 0 Å². The van der Waals surface area contributed by atoms with Crippen molar-refractivity contribution in [2.75, 3.05) is 0 Å². The molecule has 0 spiro atoms. The highest BCUT2D eigenvalue weighted by Crippen LogP contribution is 2.24. The van der Waals surface area contributed by atoms with Crippen LogP contribution in [-0.2, 0) is 22.6 Å². The van der Waals surface area contributed by atoms with Crippen LogP contribution in [0.25, 0.3) is 0 Å². The van der Waals surface area contributed by atoms with Crippen molar-refractivity contribution in [1.29, 1.82) is 0 Å². The number of nitrogens with zero attached hydrogens (tertiary/aromatic N) is 1. The van der Waals surface area contributed by atoms with Crippen LogP contribution in [0.15, 0.2) is 42.5 Å². The Balaban J connectivity index is 1.79. The molecule has 1 N–H and O–H groups in total. The van der Waals surface area contributed by atoms with E-state index in [1.165, 1.54) is 6.42 Å². The van der Waals surface area contributed by atoms with Crippen LogP contribution in [0, 0.1) is 6.92 Å². The van der Waals surface area contributed by atoms with E-state index in [4.69, 9.17) is 23.2 Å². The molecule has 2 aromatic rings. The molecule has 1 saturated carbocycles. The van der Waals surface area contributed by atoms with Gasteiger partial charge in [0.05, 0.1) is 6.42 Å². The van der Waals surface area contributed by atoms with Crippen LogP contribution >= 0.6 is 23.2 Å². The van der Waals surface area contributed by atoms with Crippen LogP contribution in [0.2, 0.25) is 10.0 Å². The first-order valence-corrected chi connectivity index (χ1v) is 11.7. The molecule has 1 aliphatic rings. The molecule has 0 aliphatic heterocycles. The van der Waals surface area contributed by atoms with E-state index in [-0.39, 0.29) is 30.8 Å². The Kier molecular flexibility index (Phi) is 8.39. The number of hydrogen-bond donors (Lipinski definition) is 1. The molecule has 0 heterocycles. The zero-order valence-corrected chi connectivity index (χ0v) is 19.7. The van der Waals surface area contributed by atoms with Gasteiger partial charge in [-0.3, -0.25) is 9.59 Å². The van der Waals surface area contributed by atoms with Gasteiger partial charge in [-0.15, -0.1) is 0 Å². The van der Waals surface area contributed by atoms with E-state index in [1.807, 2.05) is 37.3 Å². The predicted molar refractivity (Wildman–Crippen MR) is 126 cm³/mol. The first-order chi connectivity index (χ1) is 14.8. The molecule has 0 unspecified atom stereocenters. The number of amides is 2. The quantitative estimate of drug-likeness (QED) is 0.574. The topological polar surface area (TPSA) is 49.4 Å². The smallest absolute Gasteiger partial charge is 0.242 e. The number of rotatable bonds is 7. The van der Waals surface area contributed by atoms with Crippen molar-refractivity contribution in [3.05, 3.63) is 69.2 Å². The molecule has 31 heavy (non-hydrogen) atoms. The zero-order chi connectivity index (χ0) is 22.4. The third kappa shape index (κ3) is 6.72. The van der Waals surface area contributed by atoms with Crippen LogP contribution in [0.5, 0.6) is 0 Å². The highest BCUT2D eigenvalue weighted by molar-refractivity contribution is 6.35. The maximum Gasteiger partial charge on any atom is 0.242 e. The molecule has 2 amide bonds. The first-order valence-electron chi connectivity index (χ1n) is 10.9. The monoisotopic (exact) mass is 460 g/mol. The molecular weight excluding hydrogens is 431 g/mol. The third-order valence-corrected chi connectivity index (χ3v) is 6.50. The number of aryl methyl sites for hydroxylation is 1. The molecule has 0 aromatic heterocycles. The van der Waals surface area contributed by atoms with Crippen molar-refractivity contribution < 1.29 is 9.59 Å². The van der Waals surface area contributed by atoms with Crippen molar-refractivity contribution in [3.8, 4) is 0 Å². The maximum absolute atomic E-state index is 13.3. The number of hydrogen-bond acceptors (Lipinski definition) is 2. The van der Waals surface area contributed by atoms with Crippen molar-refractivity contribution in [3.63, 3.8) is 0 Å². The average molecular weight is 461 g/mol. The molecule has 166 valence electrons. The van der Waals surface area contributed by atoms with Gasteiger partial charge in [-0.25, -0.2) is 0 Å². The Bertz CT molecular complexity index is 925. The predicted octanol–water partition coefficient (Wildman–Crippen LogP) is 5.71. The van der Waals surface area contributed by atoms with Crippen LogP contribution in [0.3, 0.4) is 0 Å². The second-order valence-electron chi connectivity index (χ2n) is 8.44. The van der Waals surface area contributed by atoms with Gasteiger partial charge in [0, 0.05) is 22.6 Å². The largest absolute Gasteiger partial charge is 0.352 e. The number of carbonyl (C=O) groups excluding carboxylic acids is 2. The Hall–Kier alpha value is -2.04. The summed E-state index contributed by atoms with van der Waals surface area (Å²) in [5.74, 6) is -0.225. The third-order valence-electron chi connectivity index (χ3n) is 5.91. The van der Waals surface area contributed by atoms with Crippen molar-refractivity contribution in [1.82, 2.24) is 10.2 Å². The van der Waals surface area contributed by atoms with Crippen molar-refractivity contribution in [2.24, 2.45) is 0 Å². The summed E-state index contributed by atoms with van der Waals surface area (Å²) in [5, 5.41) is 4.17. The van der Waals surface area contributed by atoms with Gasteiger partial charge < -0.3 is 10.2 Å². The van der Waals surface area contributed by atoms with Gasteiger partial charge in [-0.1, -0.05) is 78.4 Å². The second-order valence-corrected chi connectivity index (χ2v) is 9.29. The first kappa shape index (κ1) is 23.6. The van der Waals surface area contributed by atoms with Gasteiger partial charge in [-0.2, -0.15) is 0 Å².